The number of nitrogens with zero attached hydrogens (tertiary/aromatic N) is 1. The van der Waals surface area contributed by atoms with E-state index in [1.165, 1.54) is 27.0 Å². The fourth-order valence-electron chi connectivity index (χ4n) is 4.10. The molecule has 0 aliphatic carbocycles. The Morgan fingerprint density at radius 1 is 0.778 bits per heavy atom. The van der Waals surface area contributed by atoms with Crippen molar-refractivity contribution in [2.45, 2.75) is 26.7 Å². The zero-order valence-electron chi connectivity index (χ0n) is 15.9. The molecule has 0 spiro atoms. The number of benzene rings is 3. The van der Waals surface area contributed by atoms with Crippen molar-refractivity contribution in [1.29, 1.82) is 5.26 Å². The topological polar surface area (TPSA) is 23.8 Å². The molecule has 0 aliphatic heterocycles. The summed E-state index contributed by atoms with van der Waals surface area (Å²) < 4.78 is 0. The average molecular weight is 438 g/mol. The van der Waals surface area contributed by atoms with Gasteiger partial charge in [-0.2, -0.15) is 0 Å². The standard InChI is InChI=1S/C24H25BrNP/c1-3-20-12-11-17-24(23(20)4-2)27(25,19-18-26,21-13-7-5-8-14-21)22-15-9-6-10-16-22/h5-17H,3-4,19H2,1-2H3. The second-order valence-electron chi connectivity index (χ2n) is 6.79. The molecule has 138 valence electrons. The van der Waals surface area contributed by atoms with Crippen LogP contribution in [-0.4, -0.2) is 6.16 Å². The van der Waals surface area contributed by atoms with Crippen LogP contribution in [0, 0.1) is 11.3 Å². The molecule has 27 heavy (non-hydrogen) atoms. The van der Waals surface area contributed by atoms with E-state index >= 15 is 0 Å². The summed E-state index contributed by atoms with van der Waals surface area (Å²) in [7, 11) is 0. The van der Waals surface area contributed by atoms with Crippen LogP contribution in [0.4, 0.5) is 0 Å². The number of aryl methyl sites for hydroxylation is 1. The molecule has 0 heterocycles. The van der Waals surface area contributed by atoms with E-state index in [4.69, 9.17) is 0 Å². The van der Waals surface area contributed by atoms with Gasteiger partial charge in [0.1, 0.15) is 0 Å². The fourth-order valence-corrected chi connectivity index (χ4v) is 11.4. The summed E-state index contributed by atoms with van der Waals surface area (Å²) in [4.78, 5) is 0. The third-order valence-electron chi connectivity index (χ3n) is 5.44. The van der Waals surface area contributed by atoms with Crippen molar-refractivity contribution in [1.82, 2.24) is 0 Å². The van der Waals surface area contributed by atoms with Gasteiger partial charge in [0.05, 0.1) is 0 Å². The Labute approximate surface area is 170 Å². The van der Waals surface area contributed by atoms with Crippen LogP contribution in [0.5, 0.6) is 0 Å². The van der Waals surface area contributed by atoms with E-state index in [1.54, 1.807) is 0 Å². The minimum atomic E-state index is -3.10. The maximum absolute atomic E-state index is 9.99. The molecule has 0 amide bonds. The Balaban J connectivity index is 2.52. The van der Waals surface area contributed by atoms with Gasteiger partial charge in [-0.1, -0.05) is 0 Å². The summed E-state index contributed by atoms with van der Waals surface area (Å²) in [6.07, 6.45) is 2.38. The van der Waals surface area contributed by atoms with Crippen LogP contribution in [0.3, 0.4) is 0 Å². The molecule has 3 aromatic carbocycles. The molecule has 0 aliphatic rings. The van der Waals surface area contributed by atoms with Gasteiger partial charge < -0.3 is 0 Å². The van der Waals surface area contributed by atoms with E-state index in [9.17, 15) is 5.26 Å². The number of hydrogen-bond donors (Lipinski definition) is 0. The Bertz CT molecular complexity index is 921. The molecule has 0 N–H and O–H groups in total. The first-order chi connectivity index (χ1) is 13.1. The van der Waals surface area contributed by atoms with Gasteiger partial charge in [-0.05, 0) is 0 Å². The van der Waals surface area contributed by atoms with Crippen molar-refractivity contribution in [3.8, 4) is 6.07 Å². The average Bonchev–Trinajstić information content (AvgIpc) is 2.74. The molecular formula is C24H25BrNP. The van der Waals surface area contributed by atoms with Crippen molar-refractivity contribution in [3.63, 3.8) is 0 Å². The van der Waals surface area contributed by atoms with Gasteiger partial charge in [0.15, 0.2) is 0 Å². The summed E-state index contributed by atoms with van der Waals surface area (Å²) in [5, 5.41) is 10.6. The number of nitriles is 1. The van der Waals surface area contributed by atoms with Gasteiger partial charge >= 0.3 is 171 Å². The molecule has 0 atom stereocenters. The van der Waals surface area contributed by atoms with Gasteiger partial charge in [-0.25, -0.2) is 0 Å². The normalized spacial score (nSPS) is 12.7. The molecule has 0 radical (unpaired) electrons. The van der Waals surface area contributed by atoms with Crippen LogP contribution in [0.1, 0.15) is 25.0 Å². The quantitative estimate of drug-likeness (QED) is 0.468. The molecule has 0 saturated carbocycles. The van der Waals surface area contributed by atoms with E-state index in [2.05, 4.69) is 102 Å². The Hall–Kier alpha value is -1.94. The van der Waals surface area contributed by atoms with Crippen molar-refractivity contribution < 1.29 is 0 Å². The summed E-state index contributed by atoms with van der Waals surface area (Å²) in [5.41, 5.74) is 2.74. The molecule has 1 nitrogen and oxygen atoms in total. The van der Waals surface area contributed by atoms with Gasteiger partial charge in [0, 0.05) is 0 Å². The van der Waals surface area contributed by atoms with E-state index in [-0.39, 0.29) is 0 Å². The van der Waals surface area contributed by atoms with Crippen molar-refractivity contribution in [2.24, 2.45) is 0 Å². The fraction of sp³-hybridized carbons (Fsp3) is 0.208. The van der Waals surface area contributed by atoms with Gasteiger partial charge in [-0.15, -0.1) is 0 Å². The monoisotopic (exact) mass is 437 g/mol. The molecule has 0 fully saturated rings. The van der Waals surface area contributed by atoms with Crippen LogP contribution in [-0.2, 0) is 12.8 Å². The third kappa shape index (κ3) is 3.14. The predicted molar refractivity (Wildman–Crippen MR) is 123 cm³/mol. The third-order valence-corrected chi connectivity index (χ3v) is 14.7. The van der Waals surface area contributed by atoms with E-state index in [1.807, 2.05) is 12.1 Å². The zero-order valence-corrected chi connectivity index (χ0v) is 18.4. The molecule has 3 aromatic rings. The maximum atomic E-state index is 9.99. The molecule has 0 aromatic heterocycles. The van der Waals surface area contributed by atoms with Crippen molar-refractivity contribution in [3.05, 3.63) is 90.0 Å². The SMILES string of the molecule is CCc1cccc(P(Br)(CC#N)(c2ccccc2)c2ccccc2)c1CC. The predicted octanol–water partition coefficient (Wildman–Crippen LogP) is 5.47. The first kappa shape index (κ1) is 19.8. The second kappa shape index (κ2) is 7.97. The van der Waals surface area contributed by atoms with Crippen LogP contribution < -0.4 is 15.9 Å². The van der Waals surface area contributed by atoms with Crippen LogP contribution in [0.2, 0.25) is 0 Å². The first-order valence-corrected chi connectivity index (χ1v) is 13.9. The van der Waals surface area contributed by atoms with Crippen molar-refractivity contribution in [2.75, 3.05) is 6.16 Å². The summed E-state index contributed by atoms with van der Waals surface area (Å²) in [5.74, 6) is 0. The molecule has 3 heteroatoms. The molecular weight excluding hydrogens is 413 g/mol. The van der Waals surface area contributed by atoms with E-state index in [0.717, 1.165) is 12.8 Å². The van der Waals surface area contributed by atoms with Crippen LogP contribution >= 0.6 is 20.8 Å². The summed E-state index contributed by atoms with van der Waals surface area (Å²) in [6.45, 7) is 4.42. The second-order valence-corrected chi connectivity index (χ2v) is 15.7. The molecule has 0 saturated heterocycles. The summed E-state index contributed by atoms with van der Waals surface area (Å²) in [6, 6.07) is 30.2. The zero-order chi connectivity index (χ0) is 19.4. The Kier molecular flexibility index (Phi) is 5.85. The van der Waals surface area contributed by atoms with Gasteiger partial charge in [0.2, 0.25) is 0 Å². The molecule has 0 unspecified atom stereocenters. The van der Waals surface area contributed by atoms with Gasteiger partial charge in [0.25, 0.3) is 0 Å². The number of hydrogen-bond acceptors (Lipinski definition) is 1. The molecule has 3 rings (SSSR count). The number of rotatable bonds is 6. The summed E-state index contributed by atoms with van der Waals surface area (Å²) >= 11 is 4.34. The van der Waals surface area contributed by atoms with Gasteiger partial charge in [-0.3, -0.25) is 0 Å². The van der Waals surface area contributed by atoms with Crippen LogP contribution in [0.15, 0.2) is 78.9 Å². The Morgan fingerprint density at radius 3 is 1.78 bits per heavy atom. The first-order valence-electron chi connectivity index (χ1n) is 9.42. The van der Waals surface area contributed by atoms with E-state index < -0.39 is 5.31 Å². The van der Waals surface area contributed by atoms with E-state index in [0.29, 0.717) is 6.16 Å². The van der Waals surface area contributed by atoms with Crippen molar-refractivity contribution >= 4 is 36.7 Å². The minimum absolute atomic E-state index is 0.430. The van der Waals surface area contributed by atoms with Crippen LogP contribution in [0.25, 0.3) is 0 Å². The Morgan fingerprint density at radius 2 is 1.33 bits per heavy atom. The molecule has 0 bridgehead atoms. The number of halogens is 1.